The van der Waals surface area contributed by atoms with Crippen molar-refractivity contribution in [2.24, 2.45) is 0 Å². The molecule has 0 amide bonds. The maximum atomic E-state index is 13.8. The number of halogens is 4. The molecule has 0 bridgehead atoms. The number of methoxy groups -OCH3 is 1. The standard InChI is InChI=1S/C21H13F4NO4/c1-28-18-9-11(22)8-17-19(18)20(27)15-7-6-14(10-16(15)26-17)29-12-2-4-13(5-3-12)30-21(23,24)25/h2-10H,1H3,(H,26,27). The molecule has 30 heavy (non-hydrogen) atoms. The van der Waals surface area contributed by atoms with E-state index in [0.717, 1.165) is 18.2 Å². The van der Waals surface area contributed by atoms with E-state index in [9.17, 15) is 22.4 Å². The van der Waals surface area contributed by atoms with Crippen molar-refractivity contribution in [1.82, 2.24) is 4.98 Å². The highest BCUT2D eigenvalue weighted by Gasteiger charge is 2.31. The van der Waals surface area contributed by atoms with Gasteiger partial charge < -0.3 is 19.2 Å². The molecule has 0 radical (unpaired) electrons. The third kappa shape index (κ3) is 3.86. The Morgan fingerprint density at radius 3 is 2.20 bits per heavy atom. The van der Waals surface area contributed by atoms with Gasteiger partial charge in [0.1, 0.15) is 28.8 Å². The Morgan fingerprint density at radius 2 is 1.53 bits per heavy atom. The van der Waals surface area contributed by atoms with Crippen LogP contribution in [0.25, 0.3) is 21.8 Å². The van der Waals surface area contributed by atoms with Crippen LogP contribution in [0.4, 0.5) is 17.6 Å². The molecule has 0 atom stereocenters. The minimum atomic E-state index is -4.78. The monoisotopic (exact) mass is 419 g/mol. The largest absolute Gasteiger partial charge is 0.573 e. The van der Waals surface area contributed by atoms with Gasteiger partial charge in [0.05, 0.1) is 23.5 Å². The third-order valence-electron chi connectivity index (χ3n) is 4.31. The molecule has 5 nitrogen and oxygen atoms in total. The summed E-state index contributed by atoms with van der Waals surface area (Å²) in [5.41, 5.74) is 0.320. The number of pyridine rings is 1. The lowest BCUT2D eigenvalue weighted by Crippen LogP contribution is -2.16. The van der Waals surface area contributed by atoms with Crippen molar-refractivity contribution in [3.8, 4) is 23.0 Å². The molecule has 0 aliphatic heterocycles. The molecule has 1 heterocycles. The lowest BCUT2D eigenvalue weighted by molar-refractivity contribution is -0.274. The molecule has 0 aliphatic rings. The maximum absolute atomic E-state index is 13.8. The normalized spacial score (nSPS) is 11.6. The van der Waals surface area contributed by atoms with E-state index in [1.54, 1.807) is 6.07 Å². The van der Waals surface area contributed by atoms with Gasteiger partial charge in [-0.1, -0.05) is 0 Å². The summed E-state index contributed by atoms with van der Waals surface area (Å²) in [6, 6.07) is 11.8. The lowest BCUT2D eigenvalue weighted by atomic mass is 10.1. The highest BCUT2D eigenvalue weighted by atomic mass is 19.4. The molecular weight excluding hydrogens is 406 g/mol. The van der Waals surface area contributed by atoms with E-state index >= 15 is 0 Å². The number of rotatable bonds is 4. The van der Waals surface area contributed by atoms with Crippen LogP contribution in [-0.2, 0) is 0 Å². The number of hydrogen-bond donors (Lipinski definition) is 1. The summed E-state index contributed by atoms with van der Waals surface area (Å²) in [5.74, 6) is -0.234. The average Bonchev–Trinajstić information content (AvgIpc) is 2.67. The Labute approximate surface area is 166 Å². The van der Waals surface area contributed by atoms with Gasteiger partial charge in [-0.05, 0) is 42.5 Å². The van der Waals surface area contributed by atoms with Crippen LogP contribution in [0.3, 0.4) is 0 Å². The average molecular weight is 419 g/mol. The minimum absolute atomic E-state index is 0.120. The van der Waals surface area contributed by atoms with E-state index in [1.165, 1.54) is 37.4 Å². The number of alkyl halides is 3. The fourth-order valence-corrected chi connectivity index (χ4v) is 3.09. The van der Waals surface area contributed by atoms with Crippen LogP contribution >= 0.6 is 0 Å². The first-order chi connectivity index (χ1) is 14.2. The van der Waals surface area contributed by atoms with Crippen LogP contribution in [-0.4, -0.2) is 18.5 Å². The van der Waals surface area contributed by atoms with E-state index in [2.05, 4.69) is 9.72 Å². The fraction of sp³-hybridized carbons (Fsp3) is 0.0952. The molecule has 4 rings (SSSR count). The van der Waals surface area contributed by atoms with Crippen molar-refractivity contribution in [2.75, 3.05) is 7.11 Å². The highest BCUT2D eigenvalue weighted by Crippen LogP contribution is 2.30. The van der Waals surface area contributed by atoms with Gasteiger partial charge in [0.2, 0.25) is 5.43 Å². The first-order valence-corrected chi connectivity index (χ1v) is 8.60. The van der Waals surface area contributed by atoms with Gasteiger partial charge in [-0.3, -0.25) is 4.79 Å². The molecule has 1 N–H and O–H groups in total. The van der Waals surface area contributed by atoms with Crippen molar-refractivity contribution < 1.29 is 31.8 Å². The van der Waals surface area contributed by atoms with Gasteiger partial charge in [0.25, 0.3) is 0 Å². The second-order valence-corrected chi connectivity index (χ2v) is 6.31. The van der Waals surface area contributed by atoms with Gasteiger partial charge in [-0.25, -0.2) is 4.39 Å². The van der Waals surface area contributed by atoms with Gasteiger partial charge >= 0.3 is 6.36 Å². The van der Waals surface area contributed by atoms with Crippen molar-refractivity contribution >= 4 is 21.8 Å². The van der Waals surface area contributed by atoms with E-state index in [1.807, 2.05) is 0 Å². The van der Waals surface area contributed by atoms with Crippen molar-refractivity contribution in [2.45, 2.75) is 6.36 Å². The molecule has 154 valence electrons. The first-order valence-electron chi connectivity index (χ1n) is 8.60. The van der Waals surface area contributed by atoms with Crippen LogP contribution < -0.4 is 19.6 Å². The number of nitrogens with one attached hydrogen (secondary N) is 1. The van der Waals surface area contributed by atoms with E-state index in [0.29, 0.717) is 16.7 Å². The lowest BCUT2D eigenvalue weighted by Gasteiger charge is -2.11. The molecule has 0 aliphatic carbocycles. The smallest absolute Gasteiger partial charge is 0.496 e. The van der Waals surface area contributed by atoms with Crippen molar-refractivity contribution in [3.63, 3.8) is 0 Å². The van der Waals surface area contributed by atoms with E-state index < -0.39 is 12.2 Å². The Morgan fingerprint density at radius 1 is 0.867 bits per heavy atom. The number of fused-ring (bicyclic) bond motifs is 2. The molecule has 3 aromatic carbocycles. The zero-order chi connectivity index (χ0) is 21.5. The van der Waals surface area contributed by atoms with Gasteiger partial charge in [-0.15, -0.1) is 13.2 Å². The minimum Gasteiger partial charge on any atom is -0.496 e. The third-order valence-corrected chi connectivity index (χ3v) is 4.31. The summed E-state index contributed by atoms with van der Waals surface area (Å²) < 4.78 is 65.1. The Balaban J connectivity index is 1.70. The number of aromatic amines is 1. The molecule has 0 fully saturated rings. The van der Waals surface area contributed by atoms with E-state index in [4.69, 9.17) is 9.47 Å². The van der Waals surface area contributed by atoms with Crippen LogP contribution in [0.5, 0.6) is 23.0 Å². The maximum Gasteiger partial charge on any atom is 0.573 e. The summed E-state index contributed by atoms with van der Waals surface area (Å²) in [7, 11) is 1.35. The number of H-pyrrole nitrogens is 1. The van der Waals surface area contributed by atoms with Crippen LogP contribution in [0, 0.1) is 5.82 Å². The Hall–Kier alpha value is -3.75. The van der Waals surface area contributed by atoms with Crippen LogP contribution in [0.2, 0.25) is 0 Å². The molecule has 1 aromatic heterocycles. The Kier molecular flexibility index (Phi) is 4.73. The zero-order valence-corrected chi connectivity index (χ0v) is 15.3. The van der Waals surface area contributed by atoms with Gasteiger partial charge in [-0.2, -0.15) is 0 Å². The molecule has 0 saturated carbocycles. The topological polar surface area (TPSA) is 60.6 Å². The van der Waals surface area contributed by atoms with Crippen molar-refractivity contribution in [1.29, 1.82) is 0 Å². The quantitative estimate of drug-likeness (QED) is 0.350. The fourth-order valence-electron chi connectivity index (χ4n) is 3.09. The first kappa shape index (κ1) is 19.6. The Bertz CT molecular complexity index is 1300. The van der Waals surface area contributed by atoms with E-state index in [-0.39, 0.29) is 33.6 Å². The molecule has 0 unspecified atom stereocenters. The van der Waals surface area contributed by atoms with Gasteiger partial charge in [0.15, 0.2) is 0 Å². The molecular formula is C21H13F4NO4. The van der Waals surface area contributed by atoms with Crippen LogP contribution in [0.1, 0.15) is 0 Å². The SMILES string of the molecule is COc1cc(F)cc2[nH]c3cc(Oc4ccc(OC(F)(F)F)cc4)ccc3c(=O)c12. The summed E-state index contributed by atoms with van der Waals surface area (Å²) in [6.45, 7) is 0. The van der Waals surface area contributed by atoms with Crippen LogP contribution in [0.15, 0.2) is 59.4 Å². The summed E-state index contributed by atoms with van der Waals surface area (Å²) in [6.07, 6.45) is -4.78. The molecule has 9 heteroatoms. The molecule has 4 aromatic rings. The second kappa shape index (κ2) is 7.25. The highest BCUT2D eigenvalue weighted by molar-refractivity contribution is 5.96. The summed E-state index contributed by atoms with van der Waals surface area (Å²) >= 11 is 0. The number of aromatic nitrogens is 1. The number of hydrogen-bond acceptors (Lipinski definition) is 4. The second-order valence-electron chi connectivity index (χ2n) is 6.31. The summed E-state index contributed by atoms with van der Waals surface area (Å²) in [4.78, 5) is 15.8. The summed E-state index contributed by atoms with van der Waals surface area (Å²) in [5, 5.41) is 0.564. The zero-order valence-electron chi connectivity index (χ0n) is 15.3. The predicted molar refractivity (Wildman–Crippen MR) is 102 cm³/mol. The molecule has 0 spiro atoms. The van der Waals surface area contributed by atoms with Gasteiger partial charge in [0, 0.05) is 17.5 Å². The predicted octanol–water partition coefficient (Wildman–Crippen LogP) is 5.52. The van der Waals surface area contributed by atoms with Crippen molar-refractivity contribution in [3.05, 3.63) is 70.6 Å². The molecule has 0 saturated heterocycles. The number of ether oxygens (including phenoxy) is 3. The number of benzene rings is 3.